The number of carbonyl (C=O) groups excluding carboxylic acids is 1. The molecule has 0 saturated heterocycles. The van der Waals surface area contributed by atoms with E-state index in [1.807, 2.05) is 6.92 Å². The third-order valence-electron chi connectivity index (χ3n) is 3.96. The van der Waals surface area contributed by atoms with Gasteiger partial charge in [0.25, 0.3) is 5.91 Å². The second-order valence-electron chi connectivity index (χ2n) is 5.51. The Morgan fingerprint density at radius 2 is 1.83 bits per heavy atom. The van der Waals surface area contributed by atoms with Gasteiger partial charge in [0.2, 0.25) is 0 Å². The molecule has 1 fully saturated rings. The number of nitrogens with zero attached hydrogens (tertiary/aromatic N) is 1. The second-order valence-corrected chi connectivity index (χ2v) is 5.51. The first kappa shape index (κ1) is 17.3. The molecule has 1 aliphatic rings. The summed E-state index contributed by atoms with van der Waals surface area (Å²) in [5.74, 6) is -6.05. The number of likely N-dealkylation sites (N-methyl/N-ethyl adjacent to an activating group) is 1. The monoisotopic (exact) mass is 330 g/mol. The number of nitrogens with one attached hydrogen (secondary N) is 1. The van der Waals surface area contributed by atoms with Gasteiger partial charge in [-0.25, -0.2) is 13.2 Å². The number of hydrogen-bond acceptors (Lipinski definition) is 3. The van der Waals surface area contributed by atoms with Gasteiger partial charge in [0, 0.05) is 17.6 Å². The number of aliphatic carboxylic acids is 1. The molecule has 0 atom stereocenters. The summed E-state index contributed by atoms with van der Waals surface area (Å²) in [4.78, 5) is 24.4. The summed E-state index contributed by atoms with van der Waals surface area (Å²) < 4.78 is 39.1. The molecule has 0 unspecified atom stereocenters. The van der Waals surface area contributed by atoms with Crippen LogP contribution >= 0.6 is 0 Å². The van der Waals surface area contributed by atoms with Crippen molar-refractivity contribution in [2.24, 2.45) is 0 Å². The molecular weight excluding hydrogens is 313 g/mol. The largest absolute Gasteiger partial charge is 0.480 e. The van der Waals surface area contributed by atoms with E-state index in [-0.39, 0.29) is 24.2 Å². The lowest BCUT2D eigenvalue weighted by molar-refractivity contribution is -0.139. The molecule has 1 aromatic carbocycles. The van der Waals surface area contributed by atoms with Gasteiger partial charge in [-0.3, -0.25) is 14.5 Å². The van der Waals surface area contributed by atoms with Crippen LogP contribution in [0.5, 0.6) is 0 Å². The van der Waals surface area contributed by atoms with Crippen LogP contribution in [0.25, 0.3) is 0 Å². The van der Waals surface area contributed by atoms with Crippen LogP contribution in [0, 0.1) is 17.5 Å². The lowest BCUT2D eigenvalue weighted by Crippen LogP contribution is -2.54. The number of rotatable bonds is 6. The second kappa shape index (κ2) is 6.99. The topological polar surface area (TPSA) is 69.6 Å². The highest BCUT2D eigenvalue weighted by atomic mass is 19.2. The minimum Gasteiger partial charge on any atom is -0.480 e. The molecule has 1 amide bonds. The summed E-state index contributed by atoms with van der Waals surface area (Å²) in [7, 11) is 0. The molecule has 0 heterocycles. The maximum Gasteiger partial charge on any atom is 0.317 e. The zero-order valence-electron chi connectivity index (χ0n) is 12.5. The van der Waals surface area contributed by atoms with Gasteiger partial charge in [0.15, 0.2) is 17.5 Å². The van der Waals surface area contributed by atoms with Crippen molar-refractivity contribution >= 4 is 11.9 Å². The zero-order chi connectivity index (χ0) is 17.1. The summed E-state index contributed by atoms with van der Waals surface area (Å²) in [6.45, 7) is 2.35. The SMILES string of the molecule is CCN(CC(=O)O)C1CC(NC(=O)c2cc(F)c(F)c(F)c2)C1. The maximum absolute atomic E-state index is 13.1. The van der Waals surface area contributed by atoms with Gasteiger partial charge >= 0.3 is 5.97 Å². The van der Waals surface area contributed by atoms with Crippen molar-refractivity contribution in [1.82, 2.24) is 10.2 Å². The Morgan fingerprint density at radius 3 is 2.30 bits per heavy atom. The smallest absolute Gasteiger partial charge is 0.317 e. The molecule has 126 valence electrons. The average Bonchev–Trinajstić information content (AvgIpc) is 2.44. The van der Waals surface area contributed by atoms with Crippen molar-refractivity contribution in [1.29, 1.82) is 0 Å². The van der Waals surface area contributed by atoms with E-state index in [2.05, 4.69) is 5.32 Å². The van der Waals surface area contributed by atoms with Gasteiger partial charge in [-0.05, 0) is 31.5 Å². The van der Waals surface area contributed by atoms with E-state index in [4.69, 9.17) is 5.11 Å². The summed E-state index contributed by atoms with van der Waals surface area (Å²) in [6, 6.07) is 1.13. The van der Waals surface area contributed by atoms with Crippen LogP contribution in [-0.4, -0.2) is 47.1 Å². The highest BCUT2D eigenvalue weighted by Crippen LogP contribution is 2.26. The fourth-order valence-corrected chi connectivity index (χ4v) is 2.63. The van der Waals surface area contributed by atoms with Crippen molar-refractivity contribution in [3.8, 4) is 0 Å². The Kier molecular flexibility index (Phi) is 5.25. The number of carbonyl (C=O) groups is 2. The molecule has 0 aliphatic heterocycles. The first-order valence-corrected chi connectivity index (χ1v) is 7.23. The minimum absolute atomic E-state index is 0.0445. The van der Waals surface area contributed by atoms with Crippen LogP contribution in [0.4, 0.5) is 13.2 Å². The number of benzene rings is 1. The summed E-state index contributed by atoms with van der Waals surface area (Å²) in [5.41, 5.74) is -0.289. The molecule has 2 rings (SSSR count). The number of hydrogen-bond donors (Lipinski definition) is 2. The lowest BCUT2D eigenvalue weighted by Gasteiger charge is -2.42. The predicted octanol–water partition coefficient (Wildman–Crippen LogP) is 1.77. The molecule has 8 heteroatoms. The Balaban J connectivity index is 1.90. The minimum atomic E-state index is -1.61. The third-order valence-corrected chi connectivity index (χ3v) is 3.96. The molecule has 0 spiro atoms. The molecule has 0 aromatic heterocycles. The molecule has 1 saturated carbocycles. The summed E-state index contributed by atoms with van der Waals surface area (Å²) >= 11 is 0. The number of carboxylic acids is 1. The van der Waals surface area contributed by atoms with Crippen LogP contribution < -0.4 is 5.32 Å². The van der Waals surface area contributed by atoms with Crippen molar-refractivity contribution in [2.45, 2.75) is 31.8 Å². The zero-order valence-corrected chi connectivity index (χ0v) is 12.5. The van der Waals surface area contributed by atoms with Gasteiger partial charge in [-0.15, -0.1) is 0 Å². The molecule has 1 aromatic rings. The maximum atomic E-state index is 13.1. The van der Waals surface area contributed by atoms with Crippen molar-refractivity contribution < 1.29 is 27.9 Å². The van der Waals surface area contributed by atoms with Gasteiger partial charge in [0.1, 0.15) is 0 Å². The first-order chi connectivity index (χ1) is 10.8. The van der Waals surface area contributed by atoms with Gasteiger partial charge in [0.05, 0.1) is 6.54 Å². The Morgan fingerprint density at radius 1 is 1.26 bits per heavy atom. The molecule has 2 N–H and O–H groups in total. The van der Waals surface area contributed by atoms with E-state index in [0.717, 1.165) is 0 Å². The fourth-order valence-electron chi connectivity index (χ4n) is 2.63. The normalized spacial score (nSPS) is 20.2. The van der Waals surface area contributed by atoms with Gasteiger partial charge in [-0.2, -0.15) is 0 Å². The highest BCUT2D eigenvalue weighted by molar-refractivity contribution is 5.94. The van der Waals surface area contributed by atoms with Crippen molar-refractivity contribution in [2.75, 3.05) is 13.1 Å². The molecule has 23 heavy (non-hydrogen) atoms. The molecule has 0 radical (unpaired) electrons. The van der Waals surface area contributed by atoms with E-state index in [1.165, 1.54) is 0 Å². The van der Waals surface area contributed by atoms with E-state index >= 15 is 0 Å². The van der Waals surface area contributed by atoms with Crippen LogP contribution in [0.15, 0.2) is 12.1 Å². The third kappa shape index (κ3) is 4.01. The predicted molar refractivity (Wildman–Crippen MR) is 75.5 cm³/mol. The van der Waals surface area contributed by atoms with Crippen molar-refractivity contribution in [3.63, 3.8) is 0 Å². The highest BCUT2D eigenvalue weighted by Gasteiger charge is 2.34. The summed E-state index contributed by atoms with van der Waals surface area (Å²) in [5, 5.41) is 11.4. The molecule has 5 nitrogen and oxygen atoms in total. The van der Waals surface area contributed by atoms with Crippen LogP contribution in [0.1, 0.15) is 30.1 Å². The van der Waals surface area contributed by atoms with Gasteiger partial charge in [-0.1, -0.05) is 6.92 Å². The molecule has 1 aliphatic carbocycles. The number of amides is 1. The number of carboxylic acid groups (broad SMARTS) is 1. The Bertz CT molecular complexity index is 595. The fraction of sp³-hybridized carbons (Fsp3) is 0.467. The van der Waals surface area contributed by atoms with Crippen LogP contribution in [0.2, 0.25) is 0 Å². The molecule has 0 bridgehead atoms. The van der Waals surface area contributed by atoms with E-state index in [1.54, 1.807) is 4.90 Å². The van der Waals surface area contributed by atoms with E-state index in [0.29, 0.717) is 31.5 Å². The quantitative estimate of drug-likeness (QED) is 0.780. The van der Waals surface area contributed by atoms with E-state index < -0.39 is 29.3 Å². The Labute approximate surface area is 131 Å². The average molecular weight is 330 g/mol. The Hall–Kier alpha value is -2.09. The van der Waals surface area contributed by atoms with Gasteiger partial charge < -0.3 is 10.4 Å². The first-order valence-electron chi connectivity index (χ1n) is 7.23. The van der Waals surface area contributed by atoms with Crippen LogP contribution in [0.3, 0.4) is 0 Å². The van der Waals surface area contributed by atoms with Crippen molar-refractivity contribution in [3.05, 3.63) is 35.1 Å². The molecular formula is C15H17F3N2O3. The number of halogens is 3. The lowest BCUT2D eigenvalue weighted by atomic mass is 9.85. The van der Waals surface area contributed by atoms with Crippen LogP contribution in [-0.2, 0) is 4.79 Å². The van der Waals surface area contributed by atoms with E-state index in [9.17, 15) is 22.8 Å². The summed E-state index contributed by atoms with van der Waals surface area (Å²) in [6.07, 6.45) is 1.11. The standard InChI is InChI=1S/C15H17F3N2O3/c1-2-20(7-13(21)22)10-5-9(6-10)19-15(23)8-3-11(16)14(18)12(17)4-8/h3-4,9-10H,2,5-7H2,1H3,(H,19,23)(H,21,22).